The molecule has 1 heterocycles. The smallest absolute Gasteiger partial charge is 0.278 e. The van der Waals surface area contributed by atoms with Crippen molar-refractivity contribution in [3.05, 3.63) is 42.1 Å². The second-order valence-corrected chi connectivity index (χ2v) is 6.41. The molecule has 0 aliphatic rings. The average molecular weight is 294 g/mol. The molecule has 0 spiro atoms. The van der Waals surface area contributed by atoms with E-state index in [4.69, 9.17) is 0 Å². The molecule has 7 heteroatoms. The third kappa shape index (κ3) is 3.82. The molecule has 6 nitrogen and oxygen atoms in total. The van der Waals surface area contributed by atoms with Crippen molar-refractivity contribution in [2.45, 2.75) is 31.5 Å². The predicted octanol–water partition coefficient (Wildman–Crippen LogP) is 1.71. The number of nitrogens with one attached hydrogen (secondary N) is 3. The molecule has 0 amide bonds. The van der Waals surface area contributed by atoms with E-state index < -0.39 is 10.0 Å². The van der Waals surface area contributed by atoms with E-state index in [-0.39, 0.29) is 5.03 Å². The number of anilines is 1. The lowest BCUT2D eigenvalue weighted by Crippen LogP contribution is -2.22. The molecule has 2 rings (SSSR count). The van der Waals surface area contributed by atoms with Crippen LogP contribution in [-0.2, 0) is 16.6 Å². The SMILES string of the molecule is CC(C)NCc1cccc(NS(=O)(=O)c2ccn[nH]2)c1. The van der Waals surface area contributed by atoms with E-state index in [0.717, 1.165) is 5.56 Å². The lowest BCUT2D eigenvalue weighted by Gasteiger charge is -2.10. The summed E-state index contributed by atoms with van der Waals surface area (Å²) in [4.78, 5) is 0. The number of rotatable bonds is 6. The highest BCUT2D eigenvalue weighted by Gasteiger charge is 2.15. The van der Waals surface area contributed by atoms with Gasteiger partial charge in [-0.1, -0.05) is 26.0 Å². The highest BCUT2D eigenvalue weighted by molar-refractivity contribution is 7.92. The quantitative estimate of drug-likeness (QED) is 0.757. The maximum absolute atomic E-state index is 12.0. The van der Waals surface area contributed by atoms with E-state index in [1.807, 2.05) is 18.2 Å². The fourth-order valence-electron chi connectivity index (χ4n) is 1.67. The topological polar surface area (TPSA) is 86.9 Å². The maximum atomic E-state index is 12.0. The van der Waals surface area contributed by atoms with Crippen LogP contribution >= 0.6 is 0 Å². The zero-order valence-corrected chi connectivity index (χ0v) is 12.2. The van der Waals surface area contributed by atoms with Crippen LogP contribution in [0.3, 0.4) is 0 Å². The molecule has 108 valence electrons. The van der Waals surface area contributed by atoms with E-state index >= 15 is 0 Å². The van der Waals surface area contributed by atoms with Crippen molar-refractivity contribution in [1.29, 1.82) is 0 Å². The highest BCUT2D eigenvalue weighted by Crippen LogP contribution is 2.15. The van der Waals surface area contributed by atoms with Crippen molar-refractivity contribution in [3.8, 4) is 0 Å². The van der Waals surface area contributed by atoms with Crippen molar-refractivity contribution >= 4 is 15.7 Å². The summed E-state index contributed by atoms with van der Waals surface area (Å²) >= 11 is 0. The fraction of sp³-hybridized carbons (Fsp3) is 0.308. The third-order valence-electron chi connectivity index (χ3n) is 2.66. The van der Waals surface area contributed by atoms with Gasteiger partial charge in [0.15, 0.2) is 5.03 Å². The minimum absolute atomic E-state index is 0.0446. The van der Waals surface area contributed by atoms with Crippen LogP contribution < -0.4 is 10.0 Å². The molecular weight excluding hydrogens is 276 g/mol. The number of nitrogens with zero attached hydrogens (tertiary/aromatic N) is 1. The number of benzene rings is 1. The Kier molecular flexibility index (Phi) is 4.41. The first-order valence-electron chi connectivity index (χ1n) is 6.32. The van der Waals surface area contributed by atoms with E-state index in [2.05, 4.69) is 34.1 Å². The minimum Gasteiger partial charge on any atom is -0.310 e. The van der Waals surface area contributed by atoms with Crippen molar-refractivity contribution in [1.82, 2.24) is 15.5 Å². The van der Waals surface area contributed by atoms with Gasteiger partial charge in [-0.2, -0.15) is 13.5 Å². The fourth-order valence-corrected chi connectivity index (χ4v) is 2.63. The molecule has 2 aromatic rings. The normalized spacial score (nSPS) is 11.8. The number of H-pyrrole nitrogens is 1. The van der Waals surface area contributed by atoms with Crippen LogP contribution in [0.5, 0.6) is 0 Å². The summed E-state index contributed by atoms with van der Waals surface area (Å²) in [7, 11) is -3.61. The summed E-state index contributed by atoms with van der Waals surface area (Å²) in [5.41, 5.74) is 1.55. The zero-order chi connectivity index (χ0) is 14.6. The summed E-state index contributed by atoms with van der Waals surface area (Å²) in [6.07, 6.45) is 1.40. The van der Waals surface area contributed by atoms with Crippen LogP contribution in [-0.4, -0.2) is 24.7 Å². The first-order chi connectivity index (χ1) is 9.47. The van der Waals surface area contributed by atoms with Crippen LogP contribution in [0.15, 0.2) is 41.6 Å². The molecule has 0 bridgehead atoms. The standard InChI is InChI=1S/C13H18N4O2S/c1-10(2)14-9-11-4-3-5-12(8-11)17-20(18,19)13-6-7-15-16-13/h3-8,10,14,17H,9H2,1-2H3,(H,15,16). The molecule has 0 aliphatic carbocycles. The number of aromatic amines is 1. The Morgan fingerprint density at radius 3 is 2.75 bits per heavy atom. The first-order valence-corrected chi connectivity index (χ1v) is 7.80. The number of hydrogen-bond acceptors (Lipinski definition) is 4. The Bertz CT molecular complexity index is 651. The minimum atomic E-state index is -3.61. The molecular formula is C13H18N4O2S. The zero-order valence-electron chi connectivity index (χ0n) is 11.4. The lowest BCUT2D eigenvalue weighted by molar-refractivity contribution is 0.588. The summed E-state index contributed by atoms with van der Waals surface area (Å²) in [6.45, 7) is 4.81. The Balaban J connectivity index is 2.12. The molecule has 0 saturated carbocycles. The van der Waals surface area contributed by atoms with E-state index in [1.54, 1.807) is 6.07 Å². The van der Waals surface area contributed by atoms with Gasteiger partial charge in [0.25, 0.3) is 10.0 Å². The van der Waals surface area contributed by atoms with Gasteiger partial charge in [0.05, 0.1) is 6.20 Å². The van der Waals surface area contributed by atoms with Gasteiger partial charge < -0.3 is 5.32 Å². The van der Waals surface area contributed by atoms with E-state index in [1.165, 1.54) is 12.3 Å². The van der Waals surface area contributed by atoms with Gasteiger partial charge in [0, 0.05) is 18.3 Å². The largest absolute Gasteiger partial charge is 0.310 e. The average Bonchev–Trinajstić information content (AvgIpc) is 2.91. The molecule has 20 heavy (non-hydrogen) atoms. The summed E-state index contributed by atoms with van der Waals surface area (Å²) in [5, 5.41) is 9.41. The van der Waals surface area contributed by atoms with Crippen molar-refractivity contribution in [2.24, 2.45) is 0 Å². The maximum Gasteiger partial charge on any atom is 0.278 e. The highest BCUT2D eigenvalue weighted by atomic mass is 32.2. The number of hydrogen-bond donors (Lipinski definition) is 3. The number of aromatic nitrogens is 2. The Labute approximate surface area is 118 Å². The van der Waals surface area contributed by atoms with E-state index in [0.29, 0.717) is 18.3 Å². The third-order valence-corrected chi connectivity index (χ3v) is 3.97. The Morgan fingerprint density at radius 2 is 2.10 bits per heavy atom. The van der Waals surface area contributed by atoms with Crippen LogP contribution in [0.1, 0.15) is 19.4 Å². The van der Waals surface area contributed by atoms with E-state index in [9.17, 15) is 8.42 Å². The summed E-state index contributed by atoms with van der Waals surface area (Å²) < 4.78 is 26.6. The number of sulfonamides is 1. The molecule has 0 atom stereocenters. The van der Waals surface area contributed by atoms with Crippen LogP contribution in [0, 0.1) is 0 Å². The Morgan fingerprint density at radius 1 is 1.30 bits per heavy atom. The van der Waals surface area contributed by atoms with Crippen LogP contribution in [0.2, 0.25) is 0 Å². The summed E-state index contributed by atoms with van der Waals surface area (Å²) in [5.74, 6) is 0. The molecule has 1 aromatic heterocycles. The van der Waals surface area contributed by atoms with Gasteiger partial charge in [0.1, 0.15) is 0 Å². The van der Waals surface area contributed by atoms with Gasteiger partial charge in [-0.25, -0.2) is 0 Å². The molecule has 0 unspecified atom stereocenters. The van der Waals surface area contributed by atoms with Crippen LogP contribution in [0.25, 0.3) is 0 Å². The second-order valence-electron chi connectivity index (χ2n) is 4.76. The first kappa shape index (κ1) is 14.5. The van der Waals surface area contributed by atoms with Gasteiger partial charge >= 0.3 is 0 Å². The molecule has 0 aliphatic heterocycles. The summed E-state index contributed by atoms with van der Waals surface area (Å²) in [6, 6.07) is 9.08. The van der Waals surface area contributed by atoms with Gasteiger partial charge in [-0.15, -0.1) is 0 Å². The molecule has 0 radical (unpaired) electrons. The molecule has 0 fully saturated rings. The lowest BCUT2D eigenvalue weighted by atomic mass is 10.2. The van der Waals surface area contributed by atoms with Gasteiger partial charge in [-0.05, 0) is 23.8 Å². The molecule has 1 aromatic carbocycles. The van der Waals surface area contributed by atoms with Crippen molar-refractivity contribution < 1.29 is 8.42 Å². The molecule has 0 saturated heterocycles. The van der Waals surface area contributed by atoms with Crippen molar-refractivity contribution in [3.63, 3.8) is 0 Å². The van der Waals surface area contributed by atoms with Gasteiger partial charge in [-0.3, -0.25) is 9.82 Å². The Hall–Kier alpha value is -1.86. The van der Waals surface area contributed by atoms with Gasteiger partial charge in [0.2, 0.25) is 0 Å². The monoisotopic (exact) mass is 294 g/mol. The predicted molar refractivity (Wildman–Crippen MR) is 77.8 cm³/mol. The van der Waals surface area contributed by atoms with Crippen LogP contribution in [0.4, 0.5) is 5.69 Å². The van der Waals surface area contributed by atoms with Crippen molar-refractivity contribution in [2.75, 3.05) is 4.72 Å². The second kappa shape index (κ2) is 6.06. The molecule has 3 N–H and O–H groups in total.